The molecule has 0 unspecified atom stereocenters. The van der Waals surface area contributed by atoms with E-state index in [9.17, 15) is 0 Å². The Morgan fingerprint density at radius 3 is 2.60 bits per heavy atom. The van der Waals surface area contributed by atoms with Crippen LogP contribution in [0.4, 0.5) is 0 Å². The van der Waals surface area contributed by atoms with E-state index in [4.69, 9.17) is 10.4 Å². The van der Waals surface area contributed by atoms with E-state index in [-0.39, 0.29) is 28.1 Å². The summed E-state index contributed by atoms with van der Waals surface area (Å²) in [5.74, 6) is -0.298. The van der Waals surface area contributed by atoms with E-state index in [1.54, 1.807) is 6.07 Å². The Morgan fingerprint density at radius 1 is 1.40 bits per heavy atom. The minimum Gasteiger partial charge on any atom is -0.511 e. The van der Waals surface area contributed by atoms with Crippen molar-refractivity contribution in [2.75, 3.05) is 0 Å². The van der Waals surface area contributed by atoms with Crippen molar-refractivity contribution in [2.24, 2.45) is 0 Å². The van der Waals surface area contributed by atoms with Crippen LogP contribution < -0.4 is 0 Å². The smallest absolute Gasteiger partial charge is 0.277 e. The molecule has 0 atom stereocenters. The molecule has 0 saturated heterocycles. The number of hydrogen-bond donors (Lipinski definition) is 1. The van der Waals surface area contributed by atoms with Crippen LogP contribution in [-0.2, 0) is 31.6 Å². The van der Waals surface area contributed by atoms with E-state index in [2.05, 4.69) is 9.22 Å². The molecule has 1 aromatic carbocycles. The summed E-state index contributed by atoms with van der Waals surface area (Å²) in [5, 5.41) is 16.8. The third-order valence-corrected chi connectivity index (χ3v) is 1.83. The zero-order valence-corrected chi connectivity index (χ0v) is 9.68. The van der Waals surface area contributed by atoms with Crippen LogP contribution in [0.1, 0.15) is 0 Å². The van der Waals surface area contributed by atoms with Crippen LogP contribution in [0.3, 0.4) is 0 Å². The summed E-state index contributed by atoms with van der Waals surface area (Å²) in [6.07, 6.45) is 0.533. The van der Waals surface area contributed by atoms with Crippen molar-refractivity contribution in [3.63, 3.8) is 0 Å². The molecule has 0 aliphatic rings. The molecule has 1 aromatic rings. The second-order valence-electron chi connectivity index (χ2n) is 2.15. The van der Waals surface area contributed by atoms with Gasteiger partial charge in [0.05, 0.1) is 12.0 Å². The van der Waals surface area contributed by atoms with Crippen molar-refractivity contribution in [2.45, 2.75) is 4.90 Å². The minimum atomic E-state index is -0.298. The minimum absolute atomic E-state index is 0. The van der Waals surface area contributed by atoms with Crippen LogP contribution in [0.2, 0.25) is 0 Å². The average molecular weight is 317 g/mol. The van der Waals surface area contributed by atoms with Gasteiger partial charge in [0.15, 0.2) is 0 Å². The molecule has 15 heavy (non-hydrogen) atoms. The summed E-state index contributed by atoms with van der Waals surface area (Å²) in [7, 11) is 0. The summed E-state index contributed by atoms with van der Waals surface area (Å²) in [6.45, 7) is 0. The van der Waals surface area contributed by atoms with Gasteiger partial charge in [0.2, 0.25) is 0 Å². The van der Waals surface area contributed by atoms with E-state index >= 15 is 0 Å². The summed E-state index contributed by atoms with van der Waals surface area (Å²) < 4.78 is 4.63. The van der Waals surface area contributed by atoms with Gasteiger partial charge in [-0.2, -0.15) is 5.26 Å². The van der Waals surface area contributed by atoms with Gasteiger partial charge in [-0.15, -0.1) is 4.33 Å². The van der Waals surface area contributed by atoms with Gasteiger partial charge in [0.1, 0.15) is 12.3 Å². The van der Waals surface area contributed by atoms with E-state index < -0.39 is 0 Å². The van der Waals surface area contributed by atoms with E-state index in [1.165, 1.54) is 0 Å². The number of aliphatic hydroxyl groups excluding tert-OH is 1. The van der Waals surface area contributed by atoms with Crippen LogP contribution in [0, 0.1) is 11.3 Å². The van der Waals surface area contributed by atoms with Gasteiger partial charge in [-0.3, -0.25) is 0 Å². The molecular weight excluding hydrogens is 310 g/mol. The van der Waals surface area contributed by atoms with Crippen molar-refractivity contribution < 1.29 is 36.7 Å². The molecular formula is C9H7AgNO3S. The van der Waals surface area contributed by atoms with Gasteiger partial charge in [-0.05, 0) is 12.1 Å². The Morgan fingerprint density at radius 2 is 2.07 bits per heavy atom. The Kier molecular flexibility index (Phi) is 7.91. The molecule has 0 amide bonds. The maximum Gasteiger partial charge on any atom is 0.277 e. The van der Waals surface area contributed by atoms with Crippen LogP contribution in [-0.4, -0.2) is 5.11 Å². The van der Waals surface area contributed by atoms with Crippen LogP contribution >= 0.6 is 12.0 Å². The van der Waals surface area contributed by atoms with Gasteiger partial charge in [-0.1, -0.05) is 18.2 Å². The molecule has 0 aliphatic carbocycles. The van der Waals surface area contributed by atoms with Crippen molar-refractivity contribution in [1.82, 2.24) is 0 Å². The van der Waals surface area contributed by atoms with Crippen LogP contribution in [0.25, 0.3) is 0 Å². The van der Waals surface area contributed by atoms with Crippen molar-refractivity contribution in [3.05, 3.63) is 42.4 Å². The van der Waals surface area contributed by atoms with Gasteiger partial charge in [0, 0.05) is 27.3 Å². The molecule has 1 rings (SSSR count). The number of rotatable bonds is 4. The molecule has 0 aromatic heterocycles. The molecule has 0 saturated carbocycles. The summed E-state index contributed by atoms with van der Waals surface area (Å²) in [6, 6.07) is 10.8. The largest absolute Gasteiger partial charge is 0.511 e. The predicted molar refractivity (Wildman–Crippen MR) is 50.8 cm³/mol. The number of aliphatic hydroxyl groups is 1. The summed E-state index contributed by atoms with van der Waals surface area (Å²) >= 11 is 0.954. The number of nitrogens with zero attached hydrogens (tertiary/aromatic N) is 1. The maximum atomic E-state index is 8.42. The Labute approximate surface area is 107 Å². The van der Waals surface area contributed by atoms with Gasteiger partial charge in [0.25, 0.3) is 5.76 Å². The zero-order chi connectivity index (χ0) is 10.2. The van der Waals surface area contributed by atoms with Gasteiger partial charge in [-0.25, -0.2) is 0 Å². The fraction of sp³-hybridized carbons (Fsp3) is 0. The summed E-state index contributed by atoms with van der Waals surface area (Å²) in [4.78, 5) is 5.29. The fourth-order valence-corrected chi connectivity index (χ4v) is 1.09. The van der Waals surface area contributed by atoms with Gasteiger partial charge < -0.3 is 9.99 Å². The molecule has 6 heteroatoms. The second-order valence-corrected chi connectivity index (χ2v) is 2.93. The average Bonchev–Trinajstić information content (AvgIpc) is 2.26. The third kappa shape index (κ3) is 5.52. The molecule has 1 radical (unpaired) electrons. The first-order valence-corrected chi connectivity index (χ1v) is 4.41. The van der Waals surface area contributed by atoms with E-state index in [0.29, 0.717) is 6.26 Å². The molecule has 0 heterocycles. The normalized spacial score (nSPS) is 9.93. The number of hydrogen-bond acceptors (Lipinski definition) is 5. The zero-order valence-electron chi connectivity index (χ0n) is 7.38. The Bertz CT molecular complexity index is 350. The van der Waals surface area contributed by atoms with E-state index in [0.717, 1.165) is 16.9 Å². The van der Waals surface area contributed by atoms with Crippen LogP contribution in [0.15, 0.2) is 47.2 Å². The first-order chi connectivity index (χ1) is 6.86. The number of allylic oxidation sites excluding steroid dienone is 1. The summed E-state index contributed by atoms with van der Waals surface area (Å²) in [5.41, 5.74) is 0. The van der Waals surface area contributed by atoms with Crippen molar-refractivity contribution in [3.8, 4) is 6.07 Å². The quantitative estimate of drug-likeness (QED) is 0.231. The molecule has 0 aliphatic heterocycles. The number of nitriles is 1. The van der Waals surface area contributed by atoms with Crippen LogP contribution in [0.5, 0.6) is 0 Å². The van der Waals surface area contributed by atoms with Gasteiger partial charge >= 0.3 is 0 Å². The molecule has 0 fully saturated rings. The molecule has 83 valence electrons. The van der Waals surface area contributed by atoms with Crippen molar-refractivity contribution in [1.29, 1.82) is 5.26 Å². The second kappa shape index (κ2) is 8.41. The molecule has 0 spiro atoms. The number of benzene rings is 1. The monoisotopic (exact) mass is 316 g/mol. The standard InChI is InChI=1S/C9H7NO3S.Ag/c10-6-8(7-11)12-13-14-9-4-2-1-3-5-9;/h1-5,7,11H;/b8-7+;. The third-order valence-electron chi connectivity index (χ3n) is 1.22. The van der Waals surface area contributed by atoms with E-state index in [1.807, 2.05) is 30.3 Å². The Hall–Kier alpha value is -0.900. The predicted octanol–water partition coefficient (Wildman–Crippen LogP) is 2.56. The SMILES string of the molecule is N#C/C(=C\O)OOSc1ccccc1.[Ag]. The molecule has 4 nitrogen and oxygen atoms in total. The Balaban J connectivity index is 0.00000196. The molecule has 1 N–H and O–H groups in total. The topological polar surface area (TPSA) is 62.5 Å². The fourth-order valence-electron chi connectivity index (χ4n) is 0.638. The first kappa shape index (κ1) is 14.1. The maximum absolute atomic E-state index is 8.42. The van der Waals surface area contributed by atoms with Crippen molar-refractivity contribution >= 4 is 12.0 Å². The first-order valence-electron chi connectivity index (χ1n) is 3.67. The molecule has 0 bridgehead atoms.